The molecule has 2 aromatic rings. The van der Waals surface area contributed by atoms with Gasteiger partial charge in [-0.15, -0.1) is 0 Å². The maximum absolute atomic E-state index is 13.3. The number of amides is 1. The van der Waals surface area contributed by atoms with Crippen molar-refractivity contribution < 1.29 is 22.7 Å². The second-order valence-corrected chi connectivity index (χ2v) is 7.74. The molecule has 7 heteroatoms. The number of ether oxygens (including phenoxy) is 1. The fraction of sp³-hybridized carbons (Fsp3) is 0.381. The van der Waals surface area contributed by atoms with E-state index in [1.807, 2.05) is 18.2 Å². The largest absolute Gasteiger partial charge is 0.484 e. The van der Waals surface area contributed by atoms with E-state index >= 15 is 0 Å². The average molecular weight is 394 g/mol. The fourth-order valence-electron chi connectivity index (χ4n) is 2.54. The summed E-state index contributed by atoms with van der Waals surface area (Å²) in [5.74, 6) is -0.175. The number of hydrogen-bond donors (Lipinski definition) is 1. The van der Waals surface area contributed by atoms with Gasteiger partial charge in [-0.3, -0.25) is 4.79 Å². The molecular formula is C21H25F3N2O2. The van der Waals surface area contributed by atoms with Crippen LogP contribution < -0.4 is 15.0 Å². The summed E-state index contributed by atoms with van der Waals surface area (Å²) in [6, 6.07) is 11.1. The van der Waals surface area contributed by atoms with E-state index in [1.165, 1.54) is 12.1 Å². The molecule has 4 nitrogen and oxygen atoms in total. The molecule has 1 N–H and O–H groups in total. The van der Waals surface area contributed by atoms with Crippen LogP contribution in [0.15, 0.2) is 42.5 Å². The van der Waals surface area contributed by atoms with Gasteiger partial charge in [-0.1, -0.05) is 32.9 Å². The van der Waals surface area contributed by atoms with Crippen LogP contribution >= 0.6 is 0 Å². The zero-order chi connectivity index (χ0) is 21.1. The van der Waals surface area contributed by atoms with E-state index in [-0.39, 0.29) is 17.7 Å². The molecule has 152 valence electrons. The molecule has 2 rings (SSSR count). The molecular weight excluding hydrogens is 369 g/mol. The lowest BCUT2D eigenvalue weighted by Gasteiger charge is -2.20. The van der Waals surface area contributed by atoms with Crippen molar-refractivity contribution in [3.8, 4) is 5.75 Å². The van der Waals surface area contributed by atoms with E-state index in [2.05, 4.69) is 26.1 Å². The minimum absolute atomic E-state index is 0.0859. The number of carbonyl (C=O) groups excluding carboxylic acids is 1. The van der Waals surface area contributed by atoms with Crippen LogP contribution in [0.3, 0.4) is 0 Å². The predicted octanol–water partition coefficient (Wildman–Crippen LogP) is 5.09. The van der Waals surface area contributed by atoms with E-state index in [9.17, 15) is 18.0 Å². The molecule has 0 saturated carbocycles. The number of halogens is 3. The van der Waals surface area contributed by atoms with E-state index < -0.39 is 17.6 Å². The lowest BCUT2D eigenvalue weighted by Crippen LogP contribution is -2.23. The highest BCUT2D eigenvalue weighted by Gasteiger charge is 2.34. The summed E-state index contributed by atoms with van der Waals surface area (Å²) in [4.78, 5) is 13.7. The monoisotopic (exact) mass is 394 g/mol. The number of carbonyl (C=O) groups is 1. The second kappa shape index (κ2) is 8.12. The van der Waals surface area contributed by atoms with Gasteiger partial charge in [0.1, 0.15) is 5.75 Å². The molecule has 0 spiro atoms. The number of rotatable bonds is 5. The predicted molar refractivity (Wildman–Crippen MR) is 105 cm³/mol. The van der Waals surface area contributed by atoms with Crippen LogP contribution in [0.25, 0.3) is 0 Å². The molecule has 0 fully saturated rings. The Balaban J connectivity index is 2.11. The Morgan fingerprint density at radius 3 is 2.32 bits per heavy atom. The summed E-state index contributed by atoms with van der Waals surface area (Å²) in [6.07, 6.45) is -4.59. The molecule has 0 aliphatic heterocycles. The first-order valence-corrected chi connectivity index (χ1v) is 8.79. The Kier molecular flexibility index (Phi) is 6.27. The first kappa shape index (κ1) is 21.6. The van der Waals surface area contributed by atoms with Gasteiger partial charge in [0.2, 0.25) is 0 Å². The molecule has 0 bridgehead atoms. The standard InChI is InChI=1S/C21H25F3N2O2/c1-20(2,3)14-7-6-8-16(11-14)28-13-19(27)25-18-10-9-15(26(4)5)12-17(18)21(22,23)24/h6-12H,13H2,1-5H3,(H,25,27). The van der Waals surface area contributed by atoms with Crippen molar-refractivity contribution in [2.24, 2.45) is 0 Å². The molecule has 0 atom stereocenters. The van der Waals surface area contributed by atoms with Crippen LogP contribution in [0.4, 0.5) is 24.5 Å². The molecule has 0 heterocycles. The van der Waals surface area contributed by atoms with Crippen LogP contribution in [0.5, 0.6) is 5.75 Å². The van der Waals surface area contributed by atoms with Gasteiger partial charge < -0.3 is 15.0 Å². The third-order valence-electron chi connectivity index (χ3n) is 4.17. The Bertz CT molecular complexity index is 840. The normalized spacial score (nSPS) is 11.9. The lowest BCUT2D eigenvalue weighted by molar-refractivity contribution is -0.137. The maximum atomic E-state index is 13.3. The molecule has 28 heavy (non-hydrogen) atoms. The highest BCUT2D eigenvalue weighted by molar-refractivity contribution is 5.93. The summed E-state index contributed by atoms with van der Waals surface area (Å²) in [5, 5.41) is 2.30. The van der Waals surface area contributed by atoms with Gasteiger partial charge in [0.15, 0.2) is 6.61 Å². The van der Waals surface area contributed by atoms with Crippen molar-refractivity contribution in [3.63, 3.8) is 0 Å². The van der Waals surface area contributed by atoms with Crippen LogP contribution in [0, 0.1) is 0 Å². The summed E-state index contributed by atoms with van der Waals surface area (Å²) in [5.41, 5.74) is 0.138. The maximum Gasteiger partial charge on any atom is 0.418 e. The van der Waals surface area contributed by atoms with Crippen LogP contribution in [-0.4, -0.2) is 26.6 Å². The van der Waals surface area contributed by atoms with Crippen LogP contribution in [0.1, 0.15) is 31.9 Å². The van der Waals surface area contributed by atoms with Gasteiger partial charge in [-0.25, -0.2) is 0 Å². The number of anilines is 2. The molecule has 1 amide bonds. The van der Waals surface area contributed by atoms with Crippen molar-refractivity contribution in [3.05, 3.63) is 53.6 Å². The zero-order valence-electron chi connectivity index (χ0n) is 16.6. The fourth-order valence-corrected chi connectivity index (χ4v) is 2.54. The summed E-state index contributed by atoms with van der Waals surface area (Å²) in [7, 11) is 3.29. The molecule has 0 saturated heterocycles. The minimum atomic E-state index is -4.59. The SMILES string of the molecule is CN(C)c1ccc(NC(=O)COc2cccc(C(C)(C)C)c2)c(C(F)(F)F)c1. The highest BCUT2D eigenvalue weighted by Crippen LogP contribution is 2.37. The quantitative estimate of drug-likeness (QED) is 0.768. The smallest absolute Gasteiger partial charge is 0.418 e. The van der Waals surface area contributed by atoms with Gasteiger partial charge in [-0.05, 0) is 41.3 Å². The minimum Gasteiger partial charge on any atom is -0.484 e. The van der Waals surface area contributed by atoms with Gasteiger partial charge >= 0.3 is 6.18 Å². The third-order valence-corrected chi connectivity index (χ3v) is 4.17. The van der Waals surface area contributed by atoms with E-state index in [0.717, 1.165) is 11.6 Å². The average Bonchev–Trinajstić information content (AvgIpc) is 2.58. The topological polar surface area (TPSA) is 41.6 Å². The van der Waals surface area contributed by atoms with Crippen LogP contribution in [0.2, 0.25) is 0 Å². The summed E-state index contributed by atoms with van der Waals surface area (Å²) >= 11 is 0. The Morgan fingerprint density at radius 2 is 1.75 bits per heavy atom. The zero-order valence-corrected chi connectivity index (χ0v) is 16.6. The van der Waals surface area contributed by atoms with Crippen molar-refractivity contribution in [1.29, 1.82) is 0 Å². The molecule has 0 radical (unpaired) electrons. The summed E-state index contributed by atoms with van der Waals surface area (Å²) < 4.78 is 45.5. The van der Waals surface area contributed by atoms with E-state index in [4.69, 9.17) is 4.74 Å². The van der Waals surface area contributed by atoms with Crippen molar-refractivity contribution >= 4 is 17.3 Å². The van der Waals surface area contributed by atoms with Gasteiger partial charge in [0, 0.05) is 19.8 Å². The van der Waals surface area contributed by atoms with Gasteiger partial charge in [-0.2, -0.15) is 13.2 Å². The number of nitrogens with zero attached hydrogens (tertiary/aromatic N) is 1. The number of hydrogen-bond acceptors (Lipinski definition) is 3. The highest BCUT2D eigenvalue weighted by atomic mass is 19.4. The van der Waals surface area contributed by atoms with Gasteiger partial charge in [0.05, 0.1) is 11.3 Å². The van der Waals surface area contributed by atoms with E-state index in [1.54, 1.807) is 25.1 Å². The third kappa shape index (κ3) is 5.65. The first-order chi connectivity index (χ1) is 12.9. The number of benzene rings is 2. The Hall–Kier alpha value is -2.70. The number of alkyl halides is 3. The number of nitrogens with one attached hydrogen (secondary N) is 1. The second-order valence-electron chi connectivity index (χ2n) is 7.74. The Morgan fingerprint density at radius 1 is 1.07 bits per heavy atom. The van der Waals surface area contributed by atoms with Crippen molar-refractivity contribution in [1.82, 2.24) is 0 Å². The Labute approximate surface area is 163 Å². The van der Waals surface area contributed by atoms with Crippen molar-refractivity contribution in [2.45, 2.75) is 32.4 Å². The summed E-state index contributed by atoms with van der Waals surface area (Å²) in [6.45, 7) is 5.76. The molecule has 0 aliphatic rings. The molecule has 2 aromatic carbocycles. The van der Waals surface area contributed by atoms with Crippen molar-refractivity contribution in [2.75, 3.05) is 30.9 Å². The molecule has 0 aromatic heterocycles. The first-order valence-electron chi connectivity index (χ1n) is 8.79. The molecule has 0 aliphatic carbocycles. The lowest BCUT2D eigenvalue weighted by atomic mass is 9.87. The molecule has 0 unspecified atom stereocenters. The van der Waals surface area contributed by atoms with E-state index in [0.29, 0.717) is 11.4 Å². The van der Waals surface area contributed by atoms with Gasteiger partial charge in [0.25, 0.3) is 5.91 Å². The van der Waals surface area contributed by atoms with Crippen LogP contribution in [-0.2, 0) is 16.4 Å².